The summed E-state index contributed by atoms with van der Waals surface area (Å²) in [4.78, 5) is 13.6. The van der Waals surface area contributed by atoms with Gasteiger partial charge in [0.1, 0.15) is 0 Å². The number of carbonyl (C=O) groups excluding carboxylic acids is 1. The Hall–Kier alpha value is -1.22. The molecule has 1 aromatic carbocycles. The Kier molecular flexibility index (Phi) is 4.62. The monoisotopic (exact) mass is 240 g/mol. The molecule has 2 N–H and O–H groups in total. The first-order chi connectivity index (χ1) is 7.56. The minimum Gasteiger partial charge on any atom is -0.398 e. The second-order valence-corrected chi connectivity index (χ2v) is 4.22. The van der Waals surface area contributed by atoms with Crippen molar-refractivity contribution in [3.8, 4) is 0 Å². The van der Waals surface area contributed by atoms with Gasteiger partial charge in [0.05, 0.1) is 10.7 Å². The molecule has 1 aromatic rings. The van der Waals surface area contributed by atoms with Gasteiger partial charge in [-0.25, -0.2) is 0 Å². The minimum absolute atomic E-state index is 0.0168. The number of nitrogen functional groups attached to an aromatic ring is 1. The average Bonchev–Trinajstić information content (AvgIpc) is 2.28. The van der Waals surface area contributed by atoms with Crippen LogP contribution in [0.3, 0.4) is 0 Å². The minimum atomic E-state index is -0.0168. The maximum atomic E-state index is 11.9. The van der Waals surface area contributed by atoms with E-state index in [1.54, 1.807) is 30.1 Å². The Bertz CT molecular complexity index is 379. The summed E-state index contributed by atoms with van der Waals surface area (Å²) in [6.07, 6.45) is 2.08. The highest BCUT2D eigenvalue weighted by Crippen LogP contribution is 2.20. The van der Waals surface area contributed by atoms with E-state index >= 15 is 0 Å². The van der Waals surface area contributed by atoms with Gasteiger partial charge in [0.25, 0.3) is 5.91 Å². The van der Waals surface area contributed by atoms with Gasteiger partial charge in [-0.15, -0.1) is 0 Å². The predicted molar refractivity (Wildman–Crippen MR) is 67.7 cm³/mol. The number of hydrogen-bond donors (Lipinski definition) is 1. The zero-order valence-electron chi connectivity index (χ0n) is 9.66. The Morgan fingerprint density at radius 3 is 2.75 bits per heavy atom. The van der Waals surface area contributed by atoms with Crippen LogP contribution in [-0.4, -0.2) is 24.4 Å². The van der Waals surface area contributed by atoms with E-state index in [1.165, 1.54) is 0 Å². The predicted octanol–water partition coefficient (Wildman–Crippen LogP) is 2.79. The average molecular weight is 241 g/mol. The van der Waals surface area contributed by atoms with E-state index in [9.17, 15) is 4.79 Å². The molecule has 0 fully saturated rings. The number of hydrogen-bond acceptors (Lipinski definition) is 2. The second kappa shape index (κ2) is 5.75. The number of anilines is 1. The molecule has 4 heteroatoms. The summed E-state index contributed by atoms with van der Waals surface area (Å²) in [7, 11) is 1.79. The van der Waals surface area contributed by atoms with Crippen LogP contribution in [0.25, 0.3) is 0 Å². The van der Waals surface area contributed by atoms with Crippen molar-refractivity contribution in [3.05, 3.63) is 28.8 Å². The number of rotatable bonds is 4. The van der Waals surface area contributed by atoms with E-state index in [0.717, 1.165) is 19.4 Å². The first-order valence-corrected chi connectivity index (χ1v) is 5.74. The largest absolute Gasteiger partial charge is 0.398 e. The molecule has 0 unspecified atom stereocenters. The van der Waals surface area contributed by atoms with Gasteiger partial charge >= 0.3 is 0 Å². The van der Waals surface area contributed by atoms with Crippen LogP contribution in [0.15, 0.2) is 18.2 Å². The van der Waals surface area contributed by atoms with Gasteiger partial charge in [0.2, 0.25) is 0 Å². The van der Waals surface area contributed by atoms with Crippen LogP contribution in [0.4, 0.5) is 5.69 Å². The highest BCUT2D eigenvalue weighted by molar-refractivity contribution is 6.33. The number of nitrogens with zero attached hydrogens (tertiary/aromatic N) is 1. The molecule has 0 saturated heterocycles. The van der Waals surface area contributed by atoms with Crippen molar-refractivity contribution in [2.45, 2.75) is 19.8 Å². The molecule has 0 atom stereocenters. The lowest BCUT2D eigenvalue weighted by Crippen LogP contribution is -2.27. The van der Waals surface area contributed by atoms with Crippen molar-refractivity contribution < 1.29 is 4.79 Å². The molecule has 16 heavy (non-hydrogen) atoms. The Morgan fingerprint density at radius 2 is 2.19 bits per heavy atom. The lowest BCUT2D eigenvalue weighted by molar-refractivity contribution is 0.0793. The standard InChI is InChI=1S/C12H17ClN2O/c1-3-4-7-15(2)12(16)9-5-6-10(13)11(14)8-9/h5-6,8H,3-4,7,14H2,1-2H3. The zero-order valence-corrected chi connectivity index (χ0v) is 10.4. The SMILES string of the molecule is CCCCN(C)C(=O)c1ccc(Cl)c(N)c1. The number of benzene rings is 1. The van der Waals surface area contributed by atoms with Crippen molar-refractivity contribution in [2.24, 2.45) is 0 Å². The molecule has 0 aliphatic carbocycles. The fourth-order valence-corrected chi connectivity index (χ4v) is 1.51. The van der Waals surface area contributed by atoms with Crippen LogP contribution in [0.1, 0.15) is 30.1 Å². The fraction of sp³-hybridized carbons (Fsp3) is 0.417. The molecule has 0 saturated carbocycles. The fourth-order valence-electron chi connectivity index (χ4n) is 1.39. The summed E-state index contributed by atoms with van der Waals surface area (Å²) in [6.45, 7) is 2.86. The zero-order chi connectivity index (χ0) is 12.1. The molecule has 0 spiro atoms. The van der Waals surface area contributed by atoms with Gasteiger partial charge in [-0.3, -0.25) is 4.79 Å². The highest BCUT2D eigenvalue weighted by atomic mass is 35.5. The third-order valence-electron chi connectivity index (χ3n) is 2.44. The summed E-state index contributed by atoms with van der Waals surface area (Å²) in [5.74, 6) is -0.0168. The summed E-state index contributed by atoms with van der Waals surface area (Å²) in [6, 6.07) is 4.97. The summed E-state index contributed by atoms with van der Waals surface area (Å²) >= 11 is 5.80. The molecule has 0 aliphatic rings. The van der Waals surface area contributed by atoms with Crippen LogP contribution in [0, 0.1) is 0 Å². The van der Waals surface area contributed by atoms with Crippen molar-refractivity contribution >= 4 is 23.2 Å². The Labute approximate surface area is 101 Å². The maximum Gasteiger partial charge on any atom is 0.253 e. The van der Waals surface area contributed by atoms with Crippen molar-refractivity contribution in [1.29, 1.82) is 0 Å². The molecule has 0 aliphatic heterocycles. The van der Waals surface area contributed by atoms with Gasteiger partial charge in [0, 0.05) is 19.2 Å². The first-order valence-electron chi connectivity index (χ1n) is 5.36. The molecular formula is C12H17ClN2O. The summed E-state index contributed by atoms with van der Waals surface area (Å²) < 4.78 is 0. The van der Waals surface area contributed by atoms with Crippen LogP contribution in [0.5, 0.6) is 0 Å². The van der Waals surface area contributed by atoms with Gasteiger partial charge in [-0.05, 0) is 24.6 Å². The van der Waals surface area contributed by atoms with Gasteiger partial charge < -0.3 is 10.6 Å². The number of carbonyl (C=O) groups is 1. The molecule has 0 aromatic heterocycles. The topological polar surface area (TPSA) is 46.3 Å². The number of halogens is 1. The molecule has 0 bridgehead atoms. The van der Waals surface area contributed by atoms with E-state index in [4.69, 9.17) is 17.3 Å². The Balaban J connectivity index is 2.76. The van der Waals surface area contributed by atoms with Gasteiger partial charge in [-0.1, -0.05) is 24.9 Å². The van der Waals surface area contributed by atoms with Gasteiger partial charge in [-0.2, -0.15) is 0 Å². The third-order valence-corrected chi connectivity index (χ3v) is 2.78. The normalized spacial score (nSPS) is 10.2. The van der Waals surface area contributed by atoms with E-state index < -0.39 is 0 Å². The van der Waals surface area contributed by atoms with Crippen LogP contribution >= 0.6 is 11.6 Å². The van der Waals surface area contributed by atoms with Gasteiger partial charge in [0.15, 0.2) is 0 Å². The third kappa shape index (κ3) is 3.14. The lowest BCUT2D eigenvalue weighted by atomic mass is 10.1. The van der Waals surface area contributed by atoms with E-state index in [-0.39, 0.29) is 5.91 Å². The van der Waals surface area contributed by atoms with E-state index in [0.29, 0.717) is 16.3 Å². The quantitative estimate of drug-likeness (QED) is 0.823. The maximum absolute atomic E-state index is 11.9. The second-order valence-electron chi connectivity index (χ2n) is 3.82. The van der Waals surface area contributed by atoms with Crippen LogP contribution in [-0.2, 0) is 0 Å². The smallest absolute Gasteiger partial charge is 0.253 e. The highest BCUT2D eigenvalue weighted by Gasteiger charge is 2.11. The van der Waals surface area contributed by atoms with Crippen LogP contribution in [0.2, 0.25) is 5.02 Å². The Morgan fingerprint density at radius 1 is 1.50 bits per heavy atom. The molecule has 3 nitrogen and oxygen atoms in total. The summed E-state index contributed by atoms with van der Waals surface area (Å²) in [5.41, 5.74) is 6.68. The lowest BCUT2D eigenvalue weighted by Gasteiger charge is -2.17. The van der Waals surface area contributed by atoms with Crippen molar-refractivity contribution in [3.63, 3.8) is 0 Å². The van der Waals surface area contributed by atoms with Crippen molar-refractivity contribution in [1.82, 2.24) is 4.90 Å². The number of nitrogens with two attached hydrogens (primary N) is 1. The molecule has 88 valence electrons. The first kappa shape index (κ1) is 12.8. The van der Waals surface area contributed by atoms with E-state index in [2.05, 4.69) is 6.92 Å². The van der Waals surface area contributed by atoms with E-state index in [1.807, 2.05) is 0 Å². The molecular weight excluding hydrogens is 224 g/mol. The van der Waals surface area contributed by atoms with Crippen LogP contribution < -0.4 is 5.73 Å². The summed E-state index contributed by atoms with van der Waals surface area (Å²) in [5, 5.41) is 0.479. The number of amides is 1. The molecule has 0 heterocycles. The molecule has 1 amide bonds. The molecule has 0 radical (unpaired) electrons. The van der Waals surface area contributed by atoms with Crippen molar-refractivity contribution in [2.75, 3.05) is 19.3 Å². The molecule has 1 rings (SSSR count). The number of unbranched alkanes of at least 4 members (excludes halogenated alkanes) is 1.